The van der Waals surface area contributed by atoms with Crippen LogP contribution in [-0.4, -0.2) is 29.5 Å². The number of aliphatic imine (C=N–C) groups is 2. The fourth-order valence-electron chi connectivity index (χ4n) is 3.61. The highest BCUT2D eigenvalue weighted by molar-refractivity contribution is 8.14. The summed E-state index contributed by atoms with van der Waals surface area (Å²) < 4.78 is 5.30. The van der Waals surface area contributed by atoms with Gasteiger partial charge in [-0.25, -0.2) is 4.99 Å². The van der Waals surface area contributed by atoms with Crippen LogP contribution < -0.4 is 10.1 Å². The van der Waals surface area contributed by atoms with Crippen LogP contribution in [0.25, 0.3) is 0 Å². The van der Waals surface area contributed by atoms with Gasteiger partial charge >= 0.3 is 0 Å². The van der Waals surface area contributed by atoms with E-state index >= 15 is 0 Å². The molecule has 5 nitrogen and oxygen atoms in total. The highest BCUT2D eigenvalue weighted by Crippen LogP contribution is 2.36. The Balaban J connectivity index is 1.51. The molecule has 0 aromatic heterocycles. The first kappa shape index (κ1) is 23.8. The lowest BCUT2D eigenvalue weighted by atomic mass is 10.1. The van der Waals surface area contributed by atoms with Crippen LogP contribution in [0.2, 0.25) is 0 Å². The van der Waals surface area contributed by atoms with Gasteiger partial charge in [0.15, 0.2) is 0 Å². The number of benzene rings is 3. The molecule has 0 saturated heterocycles. The Morgan fingerprint density at radius 1 is 0.941 bits per heavy atom. The van der Waals surface area contributed by atoms with E-state index in [9.17, 15) is 4.79 Å². The third-order valence-corrected chi connectivity index (χ3v) is 6.79. The highest BCUT2D eigenvalue weighted by Gasteiger charge is 2.17. The smallest absolute Gasteiger partial charge is 0.230 e. The molecule has 174 valence electrons. The summed E-state index contributed by atoms with van der Waals surface area (Å²) in [6.07, 6.45) is 0.564. The van der Waals surface area contributed by atoms with Gasteiger partial charge in [0.05, 0.1) is 35.0 Å². The number of ether oxygens (including phenoxy) is 1. The second-order valence-electron chi connectivity index (χ2n) is 8.45. The molecule has 34 heavy (non-hydrogen) atoms. The zero-order valence-electron chi connectivity index (χ0n) is 20.0. The maximum Gasteiger partial charge on any atom is 0.230 e. The summed E-state index contributed by atoms with van der Waals surface area (Å²) in [5.74, 6) is 1.10. The maximum atomic E-state index is 12.5. The predicted molar refractivity (Wildman–Crippen MR) is 142 cm³/mol. The van der Waals surface area contributed by atoms with Crippen LogP contribution in [0.5, 0.6) is 5.75 Å². The van der Waals surface area contributed by atoms with Gasteiger partial charge in [-0.15, -0.1) is 11.8 Å². The van der Waals surface area contributed by atoms with Crippen molar-refractivity contribution >= 4 is 39.8 Å². The average molecular weight is 472 g/mol. The molecule has 1 amide bonds. The number of carbonyl (C=O) groups is 1. The molecule has 0 atom stereocenters. The topological polar surface area (TPSA) is 63.1 Å². The van der Waals surface area contributed by atoms with Gasteiger partial charge in [0.25, 0.3) is 0 Å². The first-order valence-corrected chi connectivity index (χ1v) is 12.3. The number of nitrogens with zero attached hydrogens (tertiary/aromatic N) is 2. The van der Waals surface area contributed by atoms with Gasteiger partial charge in [-0.3, -0.25) is 9.79 Å². The first-order chi connectivity index (χ1) is 16.4. The van der Waals surface area contributed by atoms with E-state index < -0.39 is 0 Å². The fraction of sp³-hybridized carbons (Fsp3) is 0.250. The van der Waals surface area contributed by atoms with Crippen molar-refractivity contribution in [1.82, 2.24) is 5.32 Å². The Kier molecular flexibility index (Phi) is 7.48. The van der Waals surface area contributed by atoms with Crippen LogP contribution in [0.15, 0.2) is 70.6 Å². The number of aryl methyl sites for hydroxylation is 3. The van der Waals surface area contributed by atoms with Gasteiger partial charge in [0.1, 0.15) is 5.75 Å². The third kappa shape index (κ3) is 5.94. The van der Waals surface area contributed by atoms with Gasteiger partial charge < -0.3 is 10.1 Å². The number of thioether (sulfide) groups is 1. The van der Waals surface area contributed by atoms with Crippen LogP contribution in [0.3, 0.4) is 0 Å². The monoisotopic (exact) mass is 471 g/mol. The summed E-state index contributed by atoms with van der Waals surface area (Å²) >= 11 is 1.47. The molecule has 1 aliphatic rings. The van der Waals surface area contributed by atoms with E-state index in [1.165, 1.54) is 28.5 Å². The highest BCUT2D eigenvalue weighted by atomic mass is 32.2. The largest absolute Gasteiger partial charge is 0.497 e. The molecule has 0 aliphatic carbocycles. The molecular formula is C28H29N3O2S. The van der Waals surface area contributed by atoms with Crippen molar-refractivity contribution in [1.29, 1.82) is 0 Å². The van der Waals surface area contributed by atoms with Gasteiger partial charge in [-0.05, 0) is 79.4 Å². The summed E-state index contributed by atoms with van der Waals surface area (Å²) in [5.41, 5.74) is 8.29. The minimum absolute atomic E-state index is 0.0132. The molecule has 6 heteroatoms. The van der Waals surface area contributed by atoms with Crippen molar-refractivity contribution in [2.75, 3.05) is 12.9 Å². The van der Waals surface area contributed by atoms with Crippen molar-refractivity contribution in [3.8, 4) is 5.75 Å². The molecule has 3 aromatic carbocycles. The Hall–Kier alpha value is -3.38. The van der Waals surface area contributed by atoms with Crippen LogP contribution in [0.1, 0.15) is 34.2 Å². The summed E-state index contributed by atoms with van der Waals surface area (Å²) in [5, 5.41) is 3.88. The normalized spacial score (nSPS) is 12.8. The van der Waals surface area contributed by atoms with E-state index in [4.69, 9.17) is 14.7 Å². The molecule has 4 rings (SSSR count). The van der Waals surface area contributed by atoms with E-state index in [-0.39, 0.29) is 5.91 Å². The molecule has 0 bridgehead atoms. The first-order valence-electron chi connectivity index (χ1n) is 11.3. The second-order valence-corrected chi connectivity index (χ2v) is 9.49. The number of amides is 1. The van der Waals surface area contributed by atoms with E-state index in [1.54, 1.807) is 7.11 Å². The maximum absolute atomic E-state index is 12.5. The Labute approximate surface area is 205 Å². The number of hydrogen-bond acceptors (Lipinski definition) is 5. The van der Waals surface area contributed by atoms with Crippen LogP contribution in [0, 0.1) is 20.8 Å². The van der Waals surface area contributed by atoms with Crippen LogP contribution in [-0.2, 0) is 11.3 Å². The van der Waals surface area contributed by atoms with Gasteiger partial charge in [-0.2, -0.15) is 0 Å². The lowest BCUT2D eigenvalue weighted by molar-refractivity contribution is -0.118. The SMILES string of the molecule is COc1ccc(C2=Nc3cc(C)c(C)cc3N=C(SCC(=O)NCc3ccc(C)cc3)C2)cc1. The number of carbonyl (C=O) groups excluding carboxylic acids is 1. The molecular weight excluding hydrogens is 442 g/mol. The molecule has 1 aliphatic heterocycles. The summed E-state index contributed by atoms with van der Waals surface area (Å²) in [7, 11) is 1.66. The van der Waals surface area contributed by atoms with Crippen molar-refractivity contribution in [3.63, 3.8) is 0 Å². The number of rotatable bonds is 6. The third-order valence-electron chi connectivity index (χ3n) is 5.81. The van der Waals surface area contributed by atoms with Crippen molar-refractivity contribution in [2.45, 2.75) is 33.7 Å². The van der Waals surface area contributed by atoms with Gasteiger partial charge in [-0.1, -0.05) is 29.8 Å². The van der Waals surface area contributed by atoms with Crippen LogP contribution in [0.4, 0.5) is 11.4 Å². The molecule has 0 fully saturated rings. The number of nitrogens with one attached hydrogen (secondary N) is 1. The lowest BCUT2D eigenvalue weighted by Gasteiger charge is -2.09. The average Bonchev–Trinajstić information content (AvgIpc) is 3.01. The summed E-state index contributed by atoms with van der Waals surface area (Å²) in [6, 6.07) is 20.2. The van der Waals surface area contributed by atoms with E-state index in [0.29, 0.717) is 18.7 Å². The lowest BCUT2D eigenvalue weighted by Crippen LogP contribution is -2.25. The van der Waals surface area contributed by atoms with E-state index in [0.717, 1.165) is 39.0 Å². The summed E-state index contributed by atoms with van der Waals surface area (Å²) in [6.45, 7) is 6.74. The minimum atomic E-state index is -0.0132. The standard InChI is InChI=1S/C28H29N3O2S/c1-18-5-7-21(8-6-18)16-29-27(32)17-34-28-15-24(22-9-11-23(33-4)12-10-22)30-25-13-19(2)20(3)14-26(25)31-28/h5-14H,15-17H2,1-4H3,(H,29,32). The zero-order chi connectivity index (χ0) is 24.1. The van der Waals surface area contributed by atoms with E-state index in [2.05, 4.69) is 50.4 Å². The quantitative estimate of drug-likeness (QED) is 0.464. The minimum Gasteiger partial charge on any atom is -0.497 e. The van der Waals surface area contributed by atoms with Crippen LogP contribution >= 0.6 is 11.8 Å². The Morgan fingerprint density at radius 3 is 2.24 bits per heavy atom. The zero-order valence-corrected chi connectivity index (χ0v) is 20.8. The molecule has 1 heterocycles. The number of hydrogen-bond donors (Lipinski definition) is 1. The molecule has 3 aromatic rings. The number of methoxy groups -OCH3 is 1. The predicted octanol–water partition coefficient (Wildman–Crippen LogP) is 6.22. The van der Waals surface area contributed by atoms with Crippen molar-refractivity contribution < 1.29 is 9.53 Å². The van der Waals surface area contributed by atoms with Crippen molar-refractivity contribution in [3.05, 3.63) is 88.5 Å². The molecule has 0 saturated carbocycles. The Bertz CT molecular complexity index is 1250. The molecule has 1 N–H and O–H groups in total. The molecule has 0 radical (unpaired) electrons. The molecule has 0 spiro atoms. The van der Waals surface area contributed by atoms with Gasteiger partial charge in [0.2, 0.25) is 5.91 Å². The number of fused-ring (bicyclic) bond motifs is 1. The fourth-order valence-corrected chi connectivity index (χ4v) is 4.41. The second kappa shape index (κ2) is 10.7. The van der Waals surface area contributed by atoms with Crippen molar-refractivity contribution in [2.24, 2.45) is 9.98 Å². The van der Waals surface area contributed by atoms with E-state index in [1.807, 2.05) is 36.4 Å². The van der Waals surface area contributed by atoms with Gasteiger partial charge in [0, 0.05) is 13.0 Å². The molecule has 0 unspecified atom stereocenters. The summed E-state index contributed by atoms with van der Waals surface area (Å²) in [4.78, 5) is 22.4. The Morgan fingerprint density at radius 2 is 1.59 bits per heavy atom.